The quantitative estimate of drug-likeness (QED) is 0.503. The topological polar surface area (TPSA) is 3.24 Å². The van der Waals surface area contributed by atoms with Crippen LogP contribution in [0.5, 0.6) is 0 Å². The van der Waals surface area contributed by atoms with Gasteiger partial charge in [-0.1, -0.05) is 20.3 Å². The number of hydrogen-bond acceptors (Lipinski definition) is 1. The maximum atomic E-state index is 5.65. The summed E-state index contributed by atoms with van der Waals surface area (Å²) in [6.45, 7) is 8.65. The molecular formula is C12H24ClN. The number of likely N-dealkylation sites (tertiary alicyclic amines) is 1. The lowest BCUT2D eigenvalue weighted by Gasteiger charge is -2.38. The van der Waals surface area contributed by atoms with E-state index in [2.05, 4.69) is 18.7 Å². The van der Waals surface area contributed by atoms with Crippen LogP contribution in [0.15, 0.2) is 0 Å². The number of piperidine rings is 1. The van der Waals surface area contributed by atoms with Crippen LogP contribution in [0.4, 0.5) is 0 Å². The predicted molar refractivity (Wildman–Crippen MR) is 64.0 cm³/mol. The van der Waals surface area contributed by atoms with Crippen molar-refractivity contribution < 1.29 is 0 Å². The molecule has 0 atom stereocenters. The highest BCUT2D eigenvalue weighted by Crippen LogP contribution is 2.28. The Morgan fingerprint density at radius 3 is 2.64 bits per heavy atom. The maximum Gasteiger partial charge on any atom is 0.0223 e. The number of rotatable bonds is 5. The van der Waals surface area contributed by atoms with Gasteiger partial charge in [0.15, 0.2) is 0 Å². The Morgan fingerprint density at radius 1 is 1.21 bits per heavy atom. The average molecular weight is 218 g/mol. The minimum absolute atomic E-state index is 0.546. The van der Waals surface area contributed by atoms with E-state index in [-0.39, 0.29) is 0 Å². The third kappa shape index (κ3) is 4.65. The van der Waals surface area contributed by atoms with E-state index in [0.717, 1.165) is 5.88 Å². The van der Waals surface area contributed by atoms with E-state index in [9.17, 15) is 0 Å². The number of halogens is 1. The van der Waals surface area contributed by atoms with Gasteiger partial charge in [0, 0.05) is 12.4 Å². The summed E-state index contributed by atoms with van der Waals surface area (Å²) >= 11 is 5.65. The molecule has 0 aromatic carbocycles. The summed E-state index contributed by atoms with van der Waals surface area (Å²) in [5.41, 5.74) is 0.546. The summed E-state index contributed by atoms with van der Waals surface area (Å²) in [6.07, 6.45) is 6.57. The summed E-state index contributed by atoms with van der Waals surface area (Å²) < 4.78 is 0. The number of nitrogens with zero attached hydrogens (tertiary/aromatic N) is 1. The fraction of sp³-hybridized carbons (Fsp3) is 1.00. The summed E-state index contributed by atoms with van der Waals surface area (Å²) in [5, 5.41) is 0. The van der Waals surface area contributed by atoms with Crippen molar-refractivity contribution in [1.82, 2.24) is 4.90 Å². The number of unbranched alkanes of at least 4 members (excludes halogenated alkanes) is 2. The van der Waals surface area contributed by atoms with E-state index < -0.39 is 0 Å². The Hall–Kier alpha value is 0.250. The van der Waals surface area contributed by atoms with E-state index >= 15 is 0 Å². The van der Waals surface area contributed by atoms with Gasteiger partial charge in [0.05, 0.1) is 0 Å². The van der Waals surface area contributed by atoms with Crippen molar-refractivity contribution in [3.63, 3.8) is 0 Å². The highest BCUT2D eigenvalue weighted by atomic mass is 35.5. The molecule has 0 N–H and O–H groups in total. The molecule has 84 valence electrons. The van der Waals surface area contributed by atoms with Gasteiger partial charge in [-0.25, -0.2) is 0 Å². The lowest BCUT2D eigenvalue weighted by atomic mass is 9.84. The first kappa shape index (κ1) is 12.3. The van der Waals surface area contributed by atoms with Gasteiger partial charge in [-0.3, -0.25) is 0 Å². The molecule has 0 bridgehead atoms. The molecule has 0 amide bonds. The smallest absolute Gasteiger partial charge is 0.0223 e. The average Bonchev–Trinajstić information content (AvgIpc) is 2.11. The molecule has 14 heavy (non-hydrogen) atoms. The minimum atomic E-state index is 0.546. The largest absolute Gasteiger partial charge is 0.303 e. The first-order valence-corrected chi connectivity index (χ1v) is 6.46. The lowest BCUT2D eigenvalue weighted by molar-refractivity contribution is 0.116. The molecule has 1 nitrogen and oxygen atoms in total. The molecule has 1 aliphatic heterocycles. The highest BCUT2D eigenvalue weighted by molar-refractivity contribution is 6.17. The molecule has 1 fully saturated rings. The molecule has 0 aromatic heterocycles. The van der Waals surface area contributed by atoms with Crippen molar-refractivity contribution in [3.8, 4) is 0 Å². The van der Waals surface area contributed by atoms with Gasteiger partial charge in [-0.2, -0.15) is 0 Å². The first-order valence-electron chi connectivity index (χ1n) is 5.92. The zero-order chi connectivity index (χ0) is 10.4. The van der Waals surface area contributed by atoms with Gasteiger partial charge in [0.2, 0.25) is 0 Å². The molecule has 0 aromatic rings. The van der Waals surface area contributed by atoms with Gasteiger partial charge in [0.1, 0.15) is 0 Å². The second-order valence-electron chi connectivity index (χ2n) is 5.29. The second-order valence-corrected chi connectivity index (χ2v) is 5.67. The van der Waals surface area contributed by atoms with Gasteiger partial charge in [0.25, 0.3) is 0 Å². The van der Waals surface area contributed by atoms with Crippen molar-refractivity contribution in [1.29, 1.82) is 0 Å². The van der Waals surface area contributed by atoms with Crippen molar-refractivity contribution in [2.24, 2.45) is 5.41 Å². The lowest BCUT2D eigenvalue weighted by Crippen LogP contribution is -2.40. The van der Waals surface area contributed by atoms with E-state index in [1.807, 2.05) is 0 Å². The van der Waals surface area contributed by atoms with Crippen molar-refractivity contribution in [2.45, 2.75) is 46.0 Å². The van der Waals surface area contributed by atoms with E-state index in [1.165, 1.54) is 51.7 Å². The van der Waals surface area contributed by atoms with Crippen molar-refractivity contribution in [2.75, 3.05) is 25.5 Å². The molecule has 1 heterocycles. The zero-order valence-electron chi connectivity index (χ0n) is 9.69. The molecule has 0 unspecified atom stereocenters. The highest BCUT2D eigenvalue weighted by Gasteiger charge is 2.25. The molecule has 2 heteroatoms. The zero-order valence-corrected chi connectivity index (χ0v) is 10.4. The maximum absolute atomic E-state index is 5.65. The van der Waals surface area contributed by atoms with Crippen molar-refractivity contribution in [3.05, 3.63) is 0 Å². The monoisotopic (exact) mass is 217 g/mol. The van der Waals surface area contributed by atoms with Crippen LogP contribution in [-0.4, -0.2) is 30.4 Å². The summed E-state index contributed by atoms with van der Waals surface area (Å²) in [7, 11) is 0. The van der Waals surface area contributed by atoms with Crippen LogP contribution in [0.3, 0.4) is 0 Å². The Morgan fingerprint density at radius 2 is 2.00 bits per heavy atom. The number of hydrogen-bond donors (Lipinski definition) is 0. The van der Waals surface area contributed by atoms with E-state index in [0.29, 0.717) is 5.41 Å². The molecule has 1 aliphatic rings. The van der Waals surface area contributed by atoms with E-state index in [4.69, 9.17) is 11.6 Å². The Labute approximate surface area is 93.8 Å². The summed E-state index contributed by atoms with van der Waals surface area (Å²) in [4.78, 5) is 2.62. The van der Waals surface area contributed by atoms with Crippen LogP contribution in [0.2, 0.25) is 0 Å². The first-order chi connectivity index (χ1) is 6.64. The van der Waals surface area contributed by atoms with Crippen LogP contribution in [0.25, 0.3) is 0 Å². The summed E-state index contributed by atoms with van der Waals surface area (Å²) in [5.74, 6) is 0.825. The Bertz CT molecular complexity index is 156. The molecule has 0 radical (unpaired) electrons. The predicted octanol–water partition coefficient (Wildman–Crippen LogP) is 3.52. The third-order valence-electron chi connectivity index (χ3n) is 3.09. The van der Waals surface area contributed by atoms with Crippen LogP contribution < -0.4 is 0 Å². The third-order valence-corrected chi connectivity index (χ3v) is 3.35. The molecule has 1 saturated heterocycles. The Kier molecular flexibility index (Phi) is 5.25. The van der Waals surface area contributed by atoms with Gasteiger partial charge in [-0.05, 0) is 44.2 Å². The van der Waals surface area contributed by atoms with Crippen LogP contribution in [0.1, 0.15) is 46.0 Å². The fourth-order valence-corrected chi connectivity index (χ4v) is 2.53. The normalized spacial score (nSPS) is 22.5. The van der Waals surface area contributed by atoms with Gasteiger partial charge in [-0.15, -0.1) is 11.6 Å². The summed E-state index contributed by atoms with van der Waals surface area (Å²) in [6, 6.07) is 0. The second kappa shape index (κ2) is 5.97. The van der Waals surface area contributed by atoms with Gasteiger partial charge < -0.3 is 4.90 Å². The molecule has 0 spiro atoms. The van der Waals surface area contributed by atoms with E-state index in [1.54, 1.807) is 0 Å². The molecule has 1 rings (SSSR count). The minimum Gasteiger partial charge on any atom is -0.303 e. The van der Waals surface area contributed by atoms with Gasteiger partial charge >= 0.3 is 0 Å². The van der Waals surface area contributed by atoms with Crippen LogP contribution >= 0.6 is 11.6 Å². The molecular weight excluding hydrogens is 194 g/mol. The fourth-order valence-electron chi connectivity index (χ4n) is 2.34. The van der Waals surface area contributed by atoms with Crippen molar-refractivity contribution >= 4 is 11.6 Å². The van der Waals surface area contributed by atoms with Crippen LogP contribution in [0, 0.1) is 5.41 Å². The Balaban J connectivity index is 2.12. The number of alkyl halides is 1. The van der Waals surface area contributed by atoms with Crippen LogP contribution in [-0.2, 0) is 0 Å². The molecule has 0 saturated carbocycles. The standard InChI is InChI=1S/C12H24ClN/c1-12(2)7-6-10-14(11-12)9-5-3-4-8-13/h3-11H2,1-2H3. The SMILES string of the molecule is CC1(C)CCCN(CCCCCCl)C1. The molecule has 0 aliphatic carbocycles.